The molecule has 0 bridgehead atoms. The van der Waals surface area contributed by atoms with Gasteiger partial charge in [0.15, 0.2) is 5.11 Å². The van der Waals surface area contributed by atoms with Crippen molar-refractivity contribution in [2.75, 3.05) is 13.2 Å². The number of hydrogen-bond donors (Lipinski definition) is 3. The molecule has 0 radical (unpaired) electrons. The summed E-state index contributed by atoms with van der Waals surface area (Å²) in [5.41, 5.74) is 8.02. The van der Waals surface area contributed by atoms with Crippen LogP contribution in [0.2, 0.25) is 0 Å². The zero-order chi connectivity index (χ0) is 24.5. The first-order valence-corrected chi connectivity index (χ1v) is 12.0. The van der Waals surface area contributed by atoms with Gasteiger partial charge in [0.2, 0.25) is 0 Å². The second-order valence-electron chi connectivity index (χ2n) is 8.27. The fourth-order valence-electron chi connectivity index (χ4n) is 3.79. The summed E-state index contributed by atoms with van der Waals surface area (Å²) < 4.78 is 5.75. The molecular weight excluding hydrogens is 460 g/mol. The van der Waals surface area contributed by atoms with Gasteiger partial charge < -0.3 is 4.74 Å². The molecule has 1 heterocycles. The first-order chi connectivity index (χ1) is 17.1. The SMILES string of the molecule is O=C(NC(=S)NNC(=O)C1CCN1Cc1ccccc1)c1ccc(OCCc2ccccc2)cc1. The highest BCUT2D eigenvalue weighted by Gasteiger charge is 2.34. The van der Waals surface area contributed by atoms with Crippen molar-refractivity contribution in [2.45, 2.75) is 25.4 Å². The smallest absolute Gasteiger partial charge is 0.257 e. The van der Waals surface area contributed by atoms with Crippen LogP contribution in [0.4, 0.5) is 0 Å². The van der Waals surface area contributed by atoms with Crippen molar-refractivity contribution in [3.8, 4) is 5.75 Å². The predicted molar refractivity (Wildman–Crippen MR) is 139 cm³/mol. The van der Waals surface area contributed by atoms with E-state index in [2.05, 4.69) is 33.2 Å². The van der Waals surface area contributed by atoms with Crippen LogP contribution in [-0.2, 0) is 17.8 Å². The maximum Gasteiger partial charge on any atom is 0.257 e. The Kier molecular flexibility index (Phi) is 8.43. The Bertz CT molecular complexity index is 1140. The lowest BCUT2D eigenvalue weighted by atomic mass is 10.0. The molecule has 7 nitrogen and oxygen atoms in total. The van der Waals surface area contributed by atoms with Crippen LogP contribution in [-0.4, -0.2) is 41.0 Å². The van der Waals surface area contributed by atoms with Gasteiger partial charge in [0, 0.05) is 25.1 Å². The molecule has 1 saturated heterocycles. The van der Waals surface area contributed by atoms with E-state index in [4.69, 9.17) is 17.0 Å². The zero-order valence-corrected chi connectivity index (χ0v) is 20.1. The summed E-state index contributed by atoms with van der Waals surface area (Å²) in [4.78, 5) is 27.1. The third-order valence-corrected chi connectivity index (χ3v) is 6.01. The van der Waals surface area contributed by atoms with Crippen molar-refractivity contribution in [1.82, 2.24) is 21.1 Å². The molecule has 0 spiro atoms. The van der Waals surface area contributed by atoms with E-state index in [1.54, 1.807) is 24.3 Å². The molecule has 1 atom stereocenters. The number of carbonyl (C=O) groups excluding carboxylic acids is 2. The van der Waals surface area contributed by atoms with E-state index in [0.717, 1.165) is 24.9 Å². The zero-order valence-electron chi connectivity index (χ0n) is 19.3. The van der Waals surface area contributed by atoms with Crippen LogP contribution in [0.1, 0.15) is 27.9 Å². The van der Waals surface area contributed by atoms with Crippen molar-refractivity contribution in [1.29, 1.82) is 0 Å². The Morgan fingerprint density at radius 2 is 1.54 bits per heavy atom. The summed E-state index contributed by atoms with van der Waals surface area (Å²) in [5.74, 6) is 0.133. The van der Waals surface area contributed by atoms with E-state index in [1.165, 1.54) is 5.56 Å². The number of nitrogens with one attached hydrogen (secondary N) is 3. The minimum Gasteiger partial charge on any atom is -0.493 e. The lowest BCUT2D eigenvalue weighted by molar-refractivity contribution is -0.131. The van der Waals surface area contributed by atoms with Crippen LogP contribution in [0.25, 0.3) is 0 Å². The summed E-state index contributed by atoms with van der Waals surface area (Å²) in [6, 6.07) is 26.7. The number of nitrogens with zero attached hydrogens (tertiary/aromatic N) is 1. The number of carbonyl (C=O) groups is 2. The second kappa shape index (κ2) is 12.1. The van der Waals surface area contributed by atoms with Crippen LogP contribution >= 0.6 is 12.2 Å². The van der Waals surface area contributed by atoms with Crippen molar-refractivity contribution in [3.63, 3.8) is 0 Å². The van der Waals surface area contributed by atoms with Gasteiger partial charge in [0.25, 0.3) is 11.8 Å². The normalized spacial score (nSPS) is 14.9. The lowest BCUT2D eigenvalue weighted by Crippen LogP contribution is -2.59. The highest BCUT2D eigenvalue weighted by molar-refractivity contribution is 7.80. The molecule has 1 fully saturated rings. The van der Waals surface area contributed by atoms with Crippen LogP contribution < -0.4 is 20.9 Å². The summed E-state index contributed by atoms with van der Waals surface area (Å²) in [6.45, 7) is 2.12. The number of hydrogen-bond acceptors (Lipinski definition) is 5. The Balaban J connectivity index is 1.17. The number of likely N-dealkylation sites (tertiary alicyclic amines) is 1. The number of rotatable bonds is 8. The van der Waals surface area contributed by atoms with Gasteiger partial charge in [-0.3, -0.25) is 30.7 Å². The lowest BCUT2D eigenvalue weighted by Gasteiger charge is -2.39. The van der Waals surface area contributed by atoms with Gasteiger partial charge in [0.1, 0.15) is 5.75 Å². The first-order valence-electron chi connectivity index (χ1n) is 11.5. The minimum atomic E-state index is -0.373. The monoisotopic (exact) mass is 488 g/mol. The average molecular weight is 489 g/mol. The summed E-state index contributed by atoms with van der Waals surface area (Å²) in [7, 11) is 0. The quantitative estimate of drug-likeness (QED) is 0.334. The molecule has 180 valence electrons. The van der Waals surface area contributed by atoms with Crippen molar-refractivity contribution in [2.24, 2.45) is 0 Å². The Hall–Kier alpha value is -3.75. The first kappa shape index (κ1) is 24.4. The Morgan fingerprint density at radius 1 is 0.886 bits per heavy atom. The molecule has 35 heavy (non-hydrogen) atoms. The molecule has 3 aromatic rings. The van der Waals surface area contributed by atoms with E-state index in [1.807, 2.05) is 48.5 Å². The van der Waals surface area contributed by atoms with Gasteiger partial charge in [-0.2, -0.15) is 0 Å². The number of hydrazine groups is 1. The fourth-order valence-corrected chi connectivity index (χ4v) is 3.93. The van der Waals surface area contributed by atoms with E-state index < -0.39 is 0 Å². The number of amides is 2. The van der Waals surface area contributed by atoms with E-state index in [0.29, 0.717) is 24.5 Å². The highest BCUT2D eigenvalue weighted by Crippen LogP contribution is 2.20. The van der Waals surface area contributed by atoms with Crippen molar-refractivity contribution >= 4 is 29.1 Å². The molecule has 3 aromatic carbocycles. The van der Waals surface area contributed by atoms with Crippen LogP contribution in [0.5, 0.6) is 5.75 Å². The summed E-state index contributed by atoms with van der Waals surface area (Å²) >= 11 is 5.16. The van der Waals surface area contributed by atoms with Crippen molar-refractivity contribution < 1.29 is 14.3 Å². The molecule has 4 rings (SSSR count). The fraction of sp³-hybridized carbons (Fsp3) is 0.222. The van der Waals surface area contributed by atoms with Gasteiger partial charge in [-0.1, -0.05) is 60.7 Å². The van der Waals surface area contributed by atoms with Crippen molar-refractivity contribution in [3.05, 3.63) is 102 Å². The predicted octanol–water partition coefficient (Wildman–Crippen LogP) is 3.22. The molecule has 8 heteroatoms. The van der Waals surface area contributed by atoms with Crippen LogP contribution in [0.15, 0.2) is 84.9 Å². The molecule has 0 saturated carbocycles. The standard InChI is InChI=1S/C27H28N4O3S/c32-25(22-11-13-23(14-12-22)34-18-16-20-7-3-1-4-8-20)28-27(35)30-29-26(33)24-15-17-31(24)19-21-9-5-2-6-10-21/h1-14,24H,15-19H2,(H,29,33)(H2,28,30,32,35). The molecule has 3 N–H and O–H groups in total. The summed E-state index contributed by atoms with van der Waals surface area (Å²) in [6.07, 6.45) is 1.58. The van der Waals surface area contributed by atoms with Gasteiger partial charge in [-0.25, -0.2) is 0 Å². The topological polar surface area (TPSA) is 82.7 Å². The number of ether oxygens (including phenoxy) is 1. The Labute approximate surface area is 210 Å². The third kappa shape index (κ3) is 7.11. The maximum atomic E-state index is 12.5. The van der Waals surface area contributed by atoms with Gasteiger partial charge in [-0.15, -0.1) is 0 Å². The van der Waals surface area contributed by atoms with Crippen LogP contribution in [0.3, 0.4) is 0 Å². The summed E-state index contributed by atoms with van der Waals surface area (Å²) in [5, 5.41) is 2.60. The van der Waals surface area contributed by atoms with Gasteiger partial charge >= 0.3 is 0 Å². The number of benzene rings is 3. The van der Waals surface area contributed by atoms with E-state index >= 15 is 0 Å². The molecule has 1 aliphatic rings. The van der Waals surface area contributed by atoms with Crippen LogP contribution in [0, 0.1) is 0 Å². The van der Waals surface area contributed by atoms with Gasteiger partial charge in [0.05, 0.1) is 12.6 Å². The second-order valence-corrected chi connectivity index (χ2v) is 8.67. The molecule has 1 aliphatic heterocycles. The largest absolute Gasteiger partial charge is 0.493 e. The molecule has 0 aromatic heterocycles. The van der Waals surface area contributed by atoms with E-state index in [9.17, 15) is 9.59 Å². The molecule has 1 unspecified atom stereocenters. The third-order valence-electron chi connectivity index (χ3n) is 5.81. The number of thiocarbonyl (C=S) groups is 1. The van der Waals surface area contributed by atoms with E-state index in [-0.39, 0.29) is 23.0 Å². The minimum absolute atomic E-state index is 0.0282. The molecule has 2 amide bonds. The maximum absolute atomic E-state index is 12.5. The Morgan fingerprint density at radius 3 is 2.17 bits per heavy atom. The van der Waals surface area contributed by atoms with Gasteiger partial charge in [-0.05, 0) is 54.0 Å². The molecular formula is C27H28N4O3S. The molecule has 0 aliphatic carbocycles. The average Bonchev–Trinajstić information content (AvgIpc) is 2.87. The highest BCUT2D eigenvalue weighted by atomic mass is 32.1.